The number of hydrogen-bond donors (Lipinski definition) is 1. The Hall–Kier alpha value is -4.77. The molecule has 192 valence electrons. The van der Waals surface area contributed by atoms with Crippen molar-refractivity contribution in [3.05, 3.63) is 106 Å². The Labute approximate surface area is 221 Å². The van der Waals surface area contributed by atoms with Crippen LogP contribution in [-0.2, 0) is 29.2 Å². The summed E-state index contributed by atoms with van der Waals surface area (Å²) in [7, 11) is 1.34. The molecule has 0 aliphatic rings. The molecule has 1 N–H and O–H groups in total. The lowest BCUT2D eigenvalue weighted by atomic mass is 10.1. The van der Waals surface area contributed by atoms with E-state index in [0.717, 1.165) is 10.3 Å². The maximum atomic E-state index is 12.6. The summed E-state index contributed by atoms with van der Waals surface area (Å²) in [5.74, 6) is -0.163. The van der Waals surface area contributed by atoms with Crippen molar-refractivity contribution < 1.29 is 19.1 Å². The Balaban J connectivity index is 1.17. The molecule has 38 heavy (non-hydrogen) atoms. The molecule has 0 aliphatic heterocycles. The second-order valence-corrected chi connectivity index (χ2v) is 9.46. The van der Waals surface area contributed by atoms with Gasteiger partial charge in [-0.1, -0.05) is 47.1 Å². The minimum absolute atomic E-state index is 0.0745. The van der Waals surface area contributed by atoms with Crippen molar-refractivity contribution in [3.8, 4) is 5.75 Å². The first-order valence-corrected chi connectivity index (χ1v) is 12.4. The lowest BCUT2D eigenvalue weighted by Gasteiger charge is -2.08. The van der Waals surface area contributed by atoms with E-state index < -0.39 is 5.97 Å². The molecule has 0 fully saturated rings. The number of nitrogens with zero attached hydrogens (tertiary/aromatic N) is 4. The number of carbonyl (C=O) groups is 2. The Morgan fingerprint density at radius 3 is 2.71 bits per heavy atom. The molecule has 2 heterocycles. The lowest BCUT2D eigenvalue weighted by molar-refractivity contribution is -0.116. The summed E-state index contributed by atoms with van der Waals surface area (Å²) in [5, 5.41) is 11.7. The van der Waals surface area contributed by atoms with Crippen LogP contribution in [-0.4, -0.2) is 37.9 Å². The normalized spacial score (nSPS) is 10.9. The average Bonchev–Trinajstić information content (AvgIpc) is 3.51. The number of esters is 1. The summed E-state index contributed by atoms with van der Waals surface area (Å²) in [6.07, 6.45) is 1.76. The topological polar surface area (TPSA) is 117 Å². The van der Waals surface area contributed by atoms with E-state index in [0.29, 0.717) is 34.6 Å². The fourth-order valence-corrected chi connectivity index (χ4v) is 4.85. The van der Waals surface area contributed by atoms with Gasteiger partial charge in [0.2, 0.25) is 5.91 Å². The van der Waals surface area contributed by atoms with Gasteiger partial charge in [0.1, 0.15) is 24.6 Å². The fraction of sp³-hybridized carbons (Fsp3) is 0.148. The smallest absolute Gasteiger partial charge is 0.337 e. The molecule has 0 aliphatic carbocycles. The van der Waals surface area contributed by atoms with Gasteiger partial charge in [0.05, 0.1) is 35.5 Å². The van der Waals surface area contributed by atoms with Crippen molar-refractivity contribution >= 4 is 39.2 Å². The molecule has 5 aromatic rings. The zero-order chi connectivity index (χ0) is 26.5. The summed E-state index contributed by atoms with van der Waals surface area (Å²) in [5.41, 5.74) is 2.34. The summed E-state index contributed by atoms with van der Waals surface area (Å²) in [6.45, 7) is 0.536. The number of nitrogens with one attached hydrogen (secondary N) is 1. The summed E-state index contributed by atoms with van der Waals surface area (Å²) >= 11 is 1.26. The number of rotatable bonds is 9. The van der Waals surface area contributed by atoms with Crippen molar-refractivity contribution in [3.63, 3.8) is 0 Å². The molecule has 0 spiro atoms. The van der Waals surface area contributed by atoms with Gasteiger partial charge in [-0.2, -0.15) is 0 Å². The van der Waals surface area contributed by atoms with E-state index >= 15 is 0 Å². The van der Waals surface area contributed by atoms with E-state index in [1.54, 1.807) is 65.5 Å². The van der Waals surface area contributed by atoms with Gasteiger partial charge < -0.3 is 14.8 Å². The van der Waals surface area contributed by atoms with E-state index in [2.05, 4.69) is 15.6 Å². The van der Waals surface area contributed by atoms with Gasteiger partial charge in [-0.15, -0.1) is 5.10 Å². The van der Waals surface area contributed by atoms with E-state index in [-0.39, 0.29) is 24.6 Å². The highest BCUT2D eigenvalue weighted by molar-refractivity contribution is 7.13. The first-order valence-electron chi connectivity index (χ1n) is 11.7. The number of benzene rings is 3. The van der Waals surface area contributed by atoms with Crippen molar-refractivity contribution in [2.24, 2.45) is 0 Å². The second kappa shape index (κ2) is 11.1. The predicted molar refractivity (Wildman–Crippen MR) is 142 cm³/mol. The fourth-order valence-electron chi connectivity index (χ4n) is 3.86. The molecule has 0 radical (unpaired) electrons. The van der Waals surface area contributed by atoms with E-state index in [1.165, 1.54) is 22.6 Å². The maximum Gasteiger partial charge on any atom is 0.337 e. The predicted octanol–water partition coefficient (Wildman–Crippen LogP) is 3.71. The number of aromatic nitrogens is 4. The molecule has 5 rings (SSSR count). The van der Waals surface area contributed by atoms with E-state index in [4.69, 9.17) is 9.47 Å². The number of ether oxygens (including phenoxy) is 2. The van der Waals surface area contributed by atoms with Gasteiger partial charge in [0, 0.05) is 11.8 Å². The molecular weight excluding hydrogens is 506 g/mol. The molecular formula is C27H23N5O5S. The third kappa shape index (κ3) is 5.79. The van der Waals surface area contributed by atoms with Gasteiger partial charge in [0.25, 0.3) is 5.56 Å². The highest BCUT2D eigenvalue weighted by Gasteiger charge is 2.12. The minimum Gasteiger partial charge on any atom is -0.487 e. The zero-order valence-corrected chi connectivity index (χ0v) is 21.2. The Kier molecular flexibility index (Phi) is 7.27. The number of carbonyl (C=O) groups excluding carboxylic acids is 2. The van der Waals surface area contributed by atoms with Crippen LogP contribution < -0.4 is 15.6 Å². The average molecular weight is 530 g/mol. The molecule has 0 atom stereocenters. The van der Waals surface area contributed by atoms with Crippen LogP contribution in [0.5, 0.6) is 5.75 Å². The first-order chi connectivity index (χ1) is 18.5. The molecule has 10 nitrogen and oxygen atoms in total. The third-order valence-electron chi connectivity index (χ3n) is 5.62. The number of hydrogen-bond acceptors (Lipinski definition) is 8. The van der Waals surface area contributed by atoms with Gasteiger partial charge in [-0.25, -0.2) is 9.48 Å². The number of anilines is 1. The minimum atomic E-state index is -0.396. The molecule has 0 saturated carbocycles. The summed E-state index contributed by atoms with van der Waals surface area (Å²) < 4.78 is 14.5. The quantitative estimate of drug-likeness (QED) is 0.289. The molecule has 2 aromatic heterocycles. The van der Waals surface area contributed by atoms with Crippen molar-refractivity contribution in [2.45, 2.75) is 19.7 Å². The maximum absolute atomic E-state index is 12.6. The monoisotopic (exact) mass is 529 g/mol. The van der Waals surface area contributed by atoms with E-state index in [9.17, 15) is 14.4 Å². The lowest BCUT2D eigenvalue weighted by Crippen LogP contribution is -2.23. The summed E-state index contributed by atoms with van der Waals surface area (Å²) in [4.78, 5) is 36.8. The van der Waals surface area contributed by atoms with E-state index in [1.807, 2.05) is 18.2 Å². The van der Waals surface area contributed by atoms with Gasteiger partial charge in [-0.05, 0) is 42.0 Å². The van der Waals surface area contributed by atoms with Crippen LogP contribution in [0.1, 0.15) is 21.6 Å². The zero-order valence-electron chi connectivity index (χ0n) is 20.4. The highest BCUT2D eigenvalue weighted by atomic mass is 32.1. The molecule has 11 heteroatoms. The number of fused-ring (bicyclic) bond motifs is 1. The molecule has 0 bridgehead atoms. The van der Waals surface area contributed by atoms with Gasteiger partial charge >= 0.3 is 5.97 Å². The van der Waals surface area contributed by atoms with Crippen LogP contribution >= 0.6 is 11.5 Å². The largest absolute Gasteiger partial charge is 0.487 e. The highest BCUT2D eigenvalue weighted by Crippen LogP contribution is 2.20. The Morgan fingerprint density at radius 1 is 1.03 bits per heavy atom. The van der Waals surface area contributed by atoms with Crippen LogP contribution in [0.25, 0.3) is 10.1 Å². The van der Waals surface area contributed by atoms with Crippen LogP contribution in [0.15, 0.2) is 83.8 Å². The van der Waals surface area contributed by atoms with Crippen molar-refractivity contribution in [2.75, 3.05) is 12.4 Å². The molecule has 0 saturated heterocycles. The van der Waals surface area contributed by atoms with Crippen LogP contribution in [0.2, 0.25) is 0 Å². The van der Waals surface area contributed by atoms with Crippen LogP contribution in [0.3, 0.4) is 0 Å². The Bertz CT molecular complexity index is 1670. The standard InChI is InChI=1S/C27H23N5O5S/c1-36-27(35)19-7-4-6-18(12-19)14-31-15-21(29-30-31)17-37-22-9-5-8-20(13-22)28-25(33)16-32-26(34)23-10-2-3-11-24(23)38-32/h2-13,15H,14,16-17H2,1H3,(H,28,33). The number of amides is 1. The van der Waals surface area contributed by atoms with Crippen molar-refractivity contribution in [1.29, 1.82) is 0 Å². The molecule has 3 aromatic carbocycles. The summed E-state index contributed by atoms with van der Waals surface area (Å²) in [6, 6.07) is 21.4. The van der Waals surface area contributed by atoms with Crippen LogP contribution in [0, 0.1) is 0 Å². The number of methoxy groups -OCH3 is 1. The van der Waals surface area contributed by atoms with Crippen LogP contribution in [0.4, 0.5) is 5.69 Å². The SMILES string of the molecule is COC(=O)c1cccc(Cn2cc(COc3cccc(NC(=O)Cn4sc5ccccc5c4=O)c3)nn2)c1. The van der Waals surface area contributed by atoms with Gasteiger partial charge in [-0.3, -0.25) is 13.5 Å². The Morgan fingerprint density at radius 2 is 1.87 bits per heavy atom. The third-order valence-corrected chi connectivity index (χ3v) is 6.69. The molecule has 0 unspecified atom stereocenters. The van der Waals surface area contributed by atoms with Gasteiger partial charge in [0.15, 0.2) is 0 Å². The van der Waals surface area contributed by atoms with Crippen molar-refractivity contribution in [1.82, 2.24) is 19.0 Å². The molecule has 1 amide bonds. The second-order valence-electron chi connectivity index (χ2n) is 8.39. The first kappa shape index (κ1) is 24.9.